The van der Waals surface area contributed by atoms with Crippen LogP contribution in [0.4, 0.5) is 0 Å². The van der Waals surface area contributed by atoms with Gasteiger partial charge in [0.15, 0.2) is 0 Å². The molecule has 4 heteroatoms. The molecule has 0 atom stereocenters. The number of nitrogens with one attached hydrogen (secondary N) is 1. The summed E-state index contributed by atoms with van der Waals surface area (Å²) in [7, 11) is 0. The Bertz CT molecular complexity index is 305. The van der Waals surface area contributed by atoms with Gasteiger partial charge in [0, 0.05) is 17.1 Å². The number of hydrogen-bond acceptors (Lipinski definition) is 2. The van der Waals surface area contributed by atoms with Crippen LogP contribution >= 0.6 is 24.0 Å². The zero-order valence-corrected chi connectivity index (χ0v) is 11.3. The molecule has 0 saturated carbocycles. The van der Waals surface area contributed by atoms with Crippen molar-refractivity contribution in [3.8, 4) is 5.75 Å². The number of rotatable bonds is 6. The molecule has 0 amide bonds. The fourth-order valence-electron chi connectivity index (χ4n) is 1.30. The Morgan fingerprint density at radius 2 is 2.06 bits per heavy atom. The molecule has 1 aromatic rings. The lowest BCUT2D eigenvalue weighted by Gasteiger charge is -2.11. The highest BCUT2D eigenvalue weighted by Crippen LogP contribution is 2.22. The van der Waals surface area contributed by atoms with E-state index in [1.807, 2.05) is 18.2 Å². The average Bonchev–Trinajstić information content (AvgIpc) is 2.25. The molecule has 16 heavy (non-hydrogen) atoms. The van der Waals surface area contributed by atoms with Crippen LogP contribution in [0.3, 0.4) is 0 Å². The maximum absolute atomic E-state index is 5.95. The van der Waals surface area contributed by atoms with Gasteiger partial charge in [-0.1, -0.05) is 25.4 Å². The molecular formula is C12H19Cl2NO. The lowest BCUT2D eigenvalue weighted by molar-refractivity contribution is 0.313. The highest BCUT2D eigenvalue weighted by molar-refractivity contribution is 6.30. The van der Waals surface area contributed by atoms with Crippen LogP contribution < -0.4 is 10.1 Å². The monoisotopic (exact) mass is 263 g/mol. The van der Waals surface area contributed by atoms with E-state index < -0.39 is 0 Å². The maximum atomic E-state index is 5.95. The van der Waals surface area contributed by atoms with Crippen molar-refractivity contribution in [2.24, 2.45) is 0 Å². The molecule has 0 aromatic heterocycles. The minimum Gasteiger partial charge on any atom is -0.493 e. The van der Waals surface area contributed by atoms with Crippen molar-refractivity contribution in [2.45, 2.75) is 26.8 Å². The van der Waals surface area contributed by atoms with E-state index >= 15 is 0 Å². The van der Waals surface area contributed by atoms with Crippen LogP contribution in [0.15, 0.2) is 18.2 Å². The third kappa shape index (κ3) is 5.06. The van der Waals surface area contributed by atoms with Gasteiger partial charge in [-0.3, -0.25) is 0 Å². The Balaban J connectivity index is 0.00000225. The van der Waals surface area contributed by atoms with Crippen LogP contribution in [0, 0.1) is 0 Å². The summed E-state index contributed by atoms with van der Waals surface area (Å²) < 4.78 is 5.64. The van der Waals surface area contributed by atoms with Gasteiger partial charge in [-0.2, -0.15) is 0 Å². The second-order valence-electron chi connectivity index (χ2n) is 3.38. The third-order valence-corrected chi connectivity index (χ3v) is 2.28. The predicted molar refractivity (Wildman–Crippen MR) is 71.9 cm³/mol. The number of benzene rings is 1. The summed E-state index contributed by atoms with van der Waals surface area (Å²) in [6.45, 7) is 6.67. The smallest absolute Gasteiger partial charge is 0.123 e. The van der Waals surface area contributed by atoms with Crippen molar-refractivity contribution in [3.05, 3.63) is 28.8 Å². The molecule has 2 nitrogen and oxygen atoms in total. The van der Waals surface area contributed by atoms with Gasteiger partial charge in [0.1, 0.15) is 5.75 Å². The van der Waals surface area contributed by atoms with Crippen molar-refractivity contribution in [1.29, 1.82) is 0 Å². The SMILES string of the molecule is CCCOc1ccc(Cl)cc1CNCC.Cl. The quantitative estimate of drug-likeness (QED) is 0.846. The summed E-state index contributed by atoms with van der Waals surface area (Å²) in [6.07, 6.45) is 1.02. The van der Waals surface area contributed by atoms with E-state index in [4.69, 9.17) is 16.3 Å². The van der Waals surface area contributed by atoms with Gasteiger partial charge in [0.05, 0.1) is 6.61 Å². The van der Waals surface area contributed by atoms with Gasteiger partial charge in [-0.15, -0.1) is 12.4 Å². The first-order chi connectivity index (χ1) is 7.27. The number of hydrogen-bond donors (Lipinski definition) is 1. The molecular weight excluding hydrogens is 245 g/mol. The van der Waals surface area contributed by atoms with Crippen LogP contribution in [0.2, 0.25) is 5.02 Å². The first-order valence-corrected chi connectivity index (χ1v) is 5.77. The summed E-state index contributed by atoms with van der Waals surface area (Å²) in [5.41, 5.74) is 1.12. The van der Waals surface area contributed by atoms with E-state index in [0.29, 0.717) is 0 Å². The van der Waals surface area contributed by atoms with Crippen LogP contribution in [-0.4, -0.2) is 13.2 Å². The molecule has 0 spiro atoms. The van der Waals surface area contributed by atoms with Crippen molar-refractivity contribution < 1.29 is 4.74 Å². The molecule has 1 N–H and O–H groups in total. The van der Waals surface area contributed by atoms with Gasteiger partial charge in [0.25, 0.3) is 0 Å². The molecule has 1 rings (SSSR count). The van der Waals surface area contributed by atoms with Crippen LogP contribution in [0.5, 0.6) is 5.75 Å². The van der Waals surface area contributed by atoms with Crippen molar-refractivity contribution in [2.75, 3.05) is 13.2 Å². The molecule has 0 unspecified atom stereocenters. The van der Waals surface area contributed by atoms with Crippen molar-refractivity contribution in [1.82, 2.24) is 5.32 Å². The van der Waals surface area contributed by atoms with Crippen LogP contribution in [0.1, 0.15) is 25.8 Å². The second-order valence-corrected chi connectivity index (χ2v) is 3.82. The largest absolute Gasteiger partial charge is 0.493 e. The topological polar surface area (TPSA) is 21.3 Å². The predicted octanol–water partition coefficient (Wildman–Crippen LogP) is 3.66. The standard InChI is InChI=1S/C12H18ClNO.ClH/c1-3-7-15-12-6-5-11(13)8-10(12)9-14-4-2;/h5-6,8,14H,3-4,7,9H2,1-2H3;1H. The molecule has 0 fully saturated rings. The Labute approximate surface area is 109 Å². The molecule has 0 aliphatic carbocycles. The van der Waals surface area contributed by atoms with E-state index in [2.05, 4.69) is 19.2 Å². The third-order valence-electron chi connectivity index (χ3n) is 2.05. The summed E-state index contributed by atoms with van der Waals surface area (Å²) in [6, 6.07) is 5.75. The summed E-state index contributed by atoms with van der Waals surface area (Å²) in [5, 5.41) is 4.03. The van der Waals surface area contributed by atoms with Crippen LogP contribution in [0.25, 0.3) is 0 Å². The normalized spacial score (nSPS) is 9.69. The maximum Gasteiger partial charge on any atom is 0.123 e. The molecule has 0 radical (unpaired) electrons. The first-order valence-electron chi connectivity index (χ1n) is 5.39. The Hall–Kier alpha value is -0.440. The molecule has 1 aromatic carbocycles. The Morgan fingerprint density at radius 1 is 1.31 bits per heavy atom. The molecule has 0 heterocycles. The number of halogens is 2. The molecule has 0 bridgehead atoms. The van der Waals surface area contributed by atoms with Gasteiger partial charge in [0.2, 0.25) is 0 Å². The van der Waals surface area contributed by atoms with Gasteiger partial charge in [-0.05, 0) is 31.2 Å². The van der Waals surface area contributed by atoms with Gasteiger partial charge < -0.3 is 10.1 Å². The highest BCUT2D eigenvalue weighted by atomic mass is 35.5. The highest BCUT2D eigenvalue weighted by Gasteiger charge is 2.03. The molecule has 0 saturated heterocycles. The van der Waals surface area contributed by atoms with E-state index in [1.54, 1.807) is 0 Å². The van der Waals surface area contributed by atoms with Crippen LogP contribution in [-0.2, 0) is 6.54 Å². The fourth-order valence-corrected chi connectivity index (χ4v) is 1.49. The fraction of sp³-hybridized carbons (Fsp3) is 0.500. The lowest BCUT2D eigenvalue weighted by Crippen LogP contribution is -2.13. The Kier molecular flexibility index (Phi) is 8.44. The van der Waals surface area contributed by atoms with Gasteiger partial charge in [-0.25, -0.2) is 0 Å². The number of ether oxygens (including phenoxy) is 1. The lowest BCUT2D eigenvalue weighted by atomic mass is 10.2. The minimum atomic E-state index is 0. The molecule has 92 valence electrons. The minimum absolute atomic E-state index is 0. The first kappa shape index (κ1) is 15.6. The van der Waals surface area contributed by atoms with E-state index in [9.17, 15) is 0 Å². The van der Waals surface area contributed by atoms with Crippen molar-refractivity contribution in [3.63, 3.8) is 0 Å². The Morgan fingerprint density at radius 3 is 2.69 bits per heavy atom. The summed E-state index contributed by atoms with van der Waals surface area (Å²) >= 11 is 5.95. The van der Waals surface area contributed by atoms with E-state index in [0.717, 1.165) is 42.5 Å². The summed E-state index contributed by atoms with van der Waals surface area (Å²) in [5.74, 6) is 0.933. The summed E-state index contributed by atoms with van der Waals surface area (Å²) in [4.78, 5) is 0. The van der Waals surface area contributed by atoms with Crippen molar-refractivity contribution >= 4 is 24.0 Å². The van der Waals surface area contributed by atoms with E-state index in [-0.39, 0.29) is 12.4 Å². The molecule has 0 aliphatic rings. The zero-order chi connectivity index (χ0) is 11.1. The second kappa shape index (κ2) is 8.68. The molecule has 0 aliphatic heterocycles. The zero-order valence-electron chi connectivity index (χ0n) is 9.75. The van der Waals surface area contributed by atoms with Gasteiger partial charge >= 0.3 is 0 Å². The van der Waals surface area contributed by atoms with E-state index in [1.165, 1.54) is 0 Å². The average molecular weight is 264 g/mol.